The quantitative estimate of drug-likeness (QED) is 0.372. The molecule has 0 amide bonds. The van der Waals surface area contributed by atoms with Crippen LogP contribution in [0, 0.1) is 0 Å². The molecular weight excluding hydrogens is 460 g/mol. The molecule has 0 radical (unpaired) electrons. The van der Waals surface area contributed by atoms with Gasteiger partial charge in [0.2, 0.25) is 0 Å². The molecule has 2 aromatic rings. The number of benzene rings is 2. The molecule has 7 nitrogen and oxygen atoms in total. The summed E-state index contributed by atoms with van der Waals surface area (Å²) in [6.45, 7) is 0.634. The molecule has 9 heteroatoms. The first kappa shape index (κ1) is 28.0. The van der Waals surface area contributed by atoms with Crippen LogP contribution in [0.15, 0.2) is 48.5 Å². The number of hydrogen-bond donors (Lipinski definition) is 1. The second-order valence-corrected chi connectivity index (χ2v) is 8.48. The number of alkyl halides is 2. The van der Waals surface area contributed by atoms with Gasteiger partial charge in [-0.05, 0) is 56.3 Å². The first-order chi connectivity index (χ1) is 16.6. The molecule has 0 aliphatic rings. The number of para-hydroxylation sites is 1. The Morgan fingerprint density at radius 3 is 2.51 bits per heavy atom. The van der Waals surface area contributed by atoms with Gasteiger partial charge in [0, 0.05) is 19.4 Å². The molecule has 0 saturated carbocycles. The highest BCUT2D eigenvalue weighted by atomic mass is 19.3. The van der Waals surface area contributed by atoms with Crippen molar-refractivity contribution in [1.29, 1.82) is 0 Å². The minimum absolute atomic E-state index is 0.0467. The largest absolute Gasteiger partial charge is 0.497 e. The predicted octanol–water partition coefficient (Wildman–Crippen LogP) is 4.22. The molecule has 1 atom stereocenters. The molecule has 2 rings (SSSR count). The van der Waals surface area contributed by atoms with Crippen LogP contribution < -0.4 is 9.47 Å². The van der Waals surface area contributed by atoms with Crippen LogP contribution in [-0.4, -0.2) is 68.3 Å². The number of carboxylic acid groups (broad SMARTS) is 1. The van der Waals surface area contributed by atoms with Gasteiger partial charge in [-0.15, -0.1) is 0 Å². The average molecular weight is 494 g/mol. The van der Waals surface area contributed by atoms with E-state index in [0.29, 0.717) is 18.7 Å². The van der Waals surface area contributed by atoms with Crippen molar-refractivity contribution in [3.05, 3.63) is 59.7 Å². The molecular formula is C26H33F2NO6. The number of carboxylic acids is 1. The second kappa shape index (κ2) is 13.6. The lowest BCUT2D eigenvalue weighted by atomic mass is 10.0. The molecule has 0 heterocycles. The van der Waals surface area contributed by atoms with Crippen LogP contribution in [-0.2, 0) is 27.2 Å². The number of carbonyl (C=O) groups excluding carboxylic acids is 1. The van der Waals surface area contributed by atoms with E-state index in [4.69, 9.17) is 19.3 Å². The van der Waals surface area contributed by atoms with Crippen LogP contribution in [0.1, 0.15) is 30.4 Å². The Morgan fingerprint density at radius 2 is 1.83 bits per heavy atom. The van der Waals surface area contributed by atoms with E-state index < -0.39 is 36.8 Å². The van der Waals surface area contributed by atoms with Gasteiger partial charge in [-0.2, -0.15) is 8.78 Å². The number of ether oxygens (including phenoxy) is 3. The van der Waals surface area contributed by atoms with E-state index in [1.807, 2.05) is 67.5 Å². The Morgan fingerprint density at radius 1 is 1.09 bits per heavy atom. The first-order valence-electron chi connectivity index (χ1n) is 11.4. The number of halogens is 2. The van der Waals surface area contributed by atoms with E-state index in [9.17, 15) is 18.4 Å². The van der Waals surface area contributed by atoms with E-state index in [1.54, 1.807) is 7.11 Å². The first-order valence-corrected chi connectivity index (χ1v) is 11.4. The maximum atomic E-state index is 13.3. The fourth-order valence-corrected chi connectivity index (χ4v) is 3.33. The Bertz CT molecular complexity index is 966. The Balaban J connectivity index is 1.99. The van der Waals surface area contributed by atoms with E-state index in [-0.39, 0.29) is 6.61 Å². The molecule has 1 unspecified atom stereocenters. The summed E-state index contributed by atoms with van der Waals surface area (Å²) >= 11 is 0. The highest BCUT2D eigenvalue weighted by Crippen LogP contribution is 2.23. The second-order valence-electron chi connectivity index (χ2n) is 8.48. The number of esters is 1. The molecule has 0 aliphatic heterocycles. The van der Waals surface area contributed by atoms with E-state index >= 15 is 0 Å². The summed E-state index contributed by atoms with van der Waals surface area (Å²) in [5, 5.41) is 8.53. The number of rotatable bonds is 15. The molecule has 0 aliphatic carbocycles. The van der Waals surface area contributed by atoms with Gasteiger partial charge in [-0.25, -0.2) is 4.79 Å². The van der Waals surface area contributed by atoms with Crippen molar-refractivity contribution in [2.75, 3.05) is 34.4 Å². The number of methoxy groups -OCH3 is 1. The summed E-state index contributed by atoms with van der Waals surface area (Å²) in [7, 11) is 5.35. The van der Waals surface area contributed by atoms with Crippen LogP contribution in [0.5, 0.6) is 11.5 Å². The van der Waals surface area contributed by atoms with Crippen molar-refractivity contribution in [3.63, 3.8) is 0 Å². The zero-order valence-electron chi connectivity index (χ0n) is 20.3. The normalized spacial score (nSPS) is 12.3. The molecule has 2 aromatic carbocycles. The zero-order valence-corrected chi connectivity index (χ0v) is 20.3. The van der Waals surface area contributed by atoms with Crippen molar-refractivity contribution in [2.24, 2.45) is 0 Å². The lowest BCUT2D eigenvalue weighted by Gasteiger charge is -2.21. The lowest BCUT2D eigenvalue weighted by Crippen LogP contribution is -2.32. The average Bonchev–Trinajstić information content (AvgIpc) is 2.83. The number of nitrogens with zero attached hydrogens (tertiary/aromatic N) is 1. The van der Waals surface area contributed by atoms with Gasteiger partial charge in [0.05, 0.1) is 13.5 Å². The van der Waals surface area contributed by atoms with Crippen LogP contribution in [0.4, 0.5) is 8.78 Å². The topological polar surface area (TPSA) is 85.3 Å². The molecule has 0 bridgehead atoms. The van der Waals surface area contributed by atoms with Crippen molar-refractivity contribution in [1.82, 2.24) is 4.90 Å². The van der Waals surface area contributed by atoms with E-state index in [1.165, 1.54) is 0 Å². The number of aryl methyl sites for hydroxylation is 2. The van der Waals surface area contributed by atoms with Gasteiger partial charge in [0.1, 0.15) is 24.2 Å². The SMILES string of the molecule is COc1cccc(CCc2ccccc2OCC(CCN(C)C)OC(=O)CCC(F)(F)C(=O)O)c1. The number of hydrogen-bond acceptors (Lipinski definition) is 6. The van der Waals surface area contributed by atoms with Gasteiger partial charge in [0.25, 0.3) is 0 Å². The van der Waals surface area contributed by atoms with Crippen molar-refractivity contribution in [3.8, 4) is 11.5 Å². The minimum Gasteiger partial charge on any atom is -0.497 e. The molecule has 1 N–H and O–H groups in total. The zero-order chi connectivity index (χ0) is 25.8. The Kier molecular flexibility index (Phi) is 10.9. The van der Waals surface area contributed by atoms with Gasteiger partial charge >= 0.3 is 17.9 Å². The maximum absolute atomic E-state index is 13.3. The van der Waals surface area contributed by atoms with Gasteiger partial charge in [0.15, 0.2) is 0 Å². The van der Waals surface area contributed by atoms with Gasteiger partial charge in [-0.3, -0.25) is 4.79 Å². The monoisotopic (exact) mass is 493 g/mol. The van der Waals surface area contributed by atoms with E-state index in [2.05, 4.69) is 0 Å². The standard InChI is InChI=1S/C26H33F2NO6/c1-29(2)16-14-22(35-24(30)13-15-26(27,28)25(31)32)18-34-23-10-5-4-8-20(23)12-11-19-7-6-9-21(17-19)33-3/h4-10,17,22H,11-16,18H2,1-3H3,(H,31,32). The molecule has 0 aromatic heterocycles. The smallest absolute Gasteiger partial charge is 0.374 e. The third-order valence-corrected chi connectivity index (χ3v) is 5.37. The van der Waals surface area contributed by atoms with E-state index in [0.717, 1.165) is 29.7 Å². The van der Waals surface area contributed by atoms with Gasteiger partial charge in [-0.1, -0.05) is 30.3 Å². The number of carbonyl (C=O) groups is 2. The minimum atomic E-state index is -3.98. The Hall–Kier alpha value is -3.20. The third-order valence-electron chi connectivity index (χ3n) is 5.37. The lowest BCUT2D eigenvalue weighted by molar-refractivity contribution is -0.168. The van der Waals surface area contributed by atoms with Crippen molar-refractivity contribution in [2.45, 2.75) is 44.1 Å². The predicted molar refractivity (Wildman–Crippen MR) is 127 cm³/mol. The fourth-order valence-electron chi connectivity index (χ4n) is 3.33. The molecule has 35 heavy (non-hydrogen) atoms. The molecule has 192 valence electrons. The fraction of sp³-hybridized carbons (Fsp3) is 0.462. The van der Waals surface area contributed by atoms with Crippen LogP contribution in [0.25, 0.3) is 0 Å². The summed E-state index contributed by atoms with van der Waals surface area (Å²) in [4.78, 5) is 24.6. The van der Waals surface area contributed by atoms with Crippen molar-refractivity contribution >= 4 is 11.9 Å². The molecule has 0 spiro atoms. The van der Waals surface area contributed by atoms with Crippen LogP contribution in [0.2, 0.25) is 0 Å². The summed E-state index contributed by atoms with van der Waals surface area (Å²) in [6, 6.07) is 15.4. The van der Waals surface area contributed by atoms with Crippen LogP contribution >= 0.6 is 0 Å². The highest BCUT2D eigenvalue weighted by Gasteiger charge is 2.39. The highest BCUT2D eigenvalue weighted by molar-refractivity contribution is 5.77. The summed E-state index contributed by atoms with van der Waals surface area (Å²) in [6.07, 6.45) is -0.566. The number of aliphatic carboxylic acids is 1. The Labute approximate surface area is 204 Å². The van der Waals surface area contributed by atoms with Crippen molar-refractivity contribution < 1.29 is 37.7 Å². The summed E-state index contributed by atoms with van der Waals surface area (Å²) < 4.78 is 43.2. The molecule has 0 saturated heterocycles. The summed E-state index contributed by atoms with van der Waals surface area (Å²) in [5.74, 6) is -5.68. The van der Waals surface area contributed by atoms with Gasteiger partial charge < -0.3 is 24.2 Å². The van der Waals surface area contributed by atoms with Crippen LogP contribution in [0.3, 0.4) is 0 Å². The maximum Gasteiger partial charge on any atom is 0.374 e. The molecule has 0 fully saturated rings. The third kappa shape index (κ3) is 9.90. The summed E-state index contributed by atoms with van der Waals surface area (Å²) in [5.41, 5.74) is 2.10.